The van der Waals surface area contributed by atoms with Crippen molar-refractivity contribution in [2.75, 3.05) is 12.4 Å². The zero-order valence-electron chi connectivity index (χ0n) is 19.3. The molecule has 8 heteroatoms. The standard InChI is InChI=1S/C24H28N4O3S/c1-14-7-15(2)23(16(3)8-14)27-22(30)12-28-11-21(31-6)20(29)10-19(28)13-32-24-25-17(4)9-18(5)26-24/h7-11H,12-13H2,1-6H3,(H,27,30). The van der Waals surface area contributed by atoms with Crippen LogP contribution in [-0.2, 0) is 17.1 Å². The van der Waals surface area contributed by atoms with Crippen LogP contribution in [0.5, 0.6) is 5.75 Å². The second kappa shape index (κ2) is 9.99. The molecule has 0 spiro atoms. The fraction of sp³-hybridized carbons (Fsp3) is 0.333. The number of hydrogen-bond donors (Lipinski definition) is 1. The first kappa shape index (κ1) is 23.5. The Kier molecular flexibility index (Phi) is 7.35. The van der Waals surface area contributed by atoms with Crippen LogP contribution in [0.1, 0.15) is 33.8 Å². The first-order chi connectivity index (χ1) is 15.2. The highest BCUT2D eigenvalue weighted by atomic mass is 32.2. The van der Waals surface area contributed by atoms with Gasteiger partial charge in [0.2, 0.25) is 11.3 Å². The van der Waals surface area contributed by atoms with Crippen molar-refractivity contribution in [1.82, 2.24) is 14.5 Å². The number of rotatable bonds is 7. The van der Waals surface area contributed by atoms with Gasteiger partial charge in [0.05, 0.1) is 13.3 Å². The van der Waals surface area contributed by atoms with Crippen molar-refractivity contribution < 1.29 is 9.53 Å². The van der Waals surface area contributed by atoms with Gasteiger partial charge in [0.25, 0.3) is 0 Å². The Bertz CT molecular complexity index is 1180. The van der Waals surface area contributed by atoms with Crippen LogP contribution in [0, 0.1) is 34.6 Å². The molecule has 0 bridgehead atoms. The van der Waals surface area contributed by atoms with Crippen molar-refractivity contribution in [1.29, 1.82) is 0 Å². The van der Waals surface area contributed by atoms with Crippen LogP contribution in [0.25, 0.3) is 0 Å². The number of ether oxygens (including phenoxy) is 1. The minimum absolute atomic E-state index is 0.0486. The zero-order valence-corrected chi connectivity index (χ0v) is 20.1. The molecule has 0 radical (unpaired) electrons. The first-order valence-electron chi connectivity index (χ1n) is 10.3. The Hall–Kier alpha value is -3.13. The molecule has 0 fully saturated rings. The van der Waals surface area contributed by atoms with E-state index in [1.165, 1.54) is 24.9 Å². The number of nitrogens with one attached hydrogen (secondary N) is 1. The van der Waals surface area contributed by atoms with Crippen LogP contribution >= 0.6 is 11.8 Å². The number of methoxy groups -OCH3 is 1. The normalized spacial score (nSPS) is 10.8. The van der Waals surface area contributed by atoms with Gasteiger partial charge >= 0.3 is 0 Å². The SMILES string of the molecule is COc1cn(CC(=O)Nc2c(C)cc(C)cc2C)c(CSc2nc(C)cc(C)n2)cc1=O. The third kappa shape index (κ3) is 5.76. The summed E-state index contributed by atoms with van der Waals surface area (Å²) in [5.41, 5.74) is 6.21. The van der Waals surface area contributed by atoms with E-state index < -0.39 is 0 Å². The molecule has 0 saturated heterocycles. The van der Waals surface area contributed by atoms with E-state index in [1.54, 1.807) is 10.8 Å². The molecule has 0 atom stereocenters. The number of carbonyl (C=O) groups excluding carboxylic acids is 1. The largest absolute Gasteiger partial charge is 0.491 e. The van der Waals surface area contributed by atoms with Crippen LogP contribution in [-0.4, -0.2) is 27.6 Å². The van der Waals surface area contributed by atoms with Gasteiger partial charge in [-0.2, -0.15) is 0 Å². The van der Waals surface area contributed by atoms with Gasteiger partial charge in [0, 0.05) is 34.6 Å². The quantitative estimate of drug-likeness (QED) is 0.429. The molecule has 168 valence electrons. The van der Waals surface area contributed by atoms with Crippen molar-refractivity contribution in [3.8, 4) is 5.75 Å². The molecule has 0 saturated carbocycles. The maximum atomic E-state index is 12.9. The number of thioether (sulfide) groups is 1. The molecule has 0 aliphatic rings. The Balaban J connectivity index is 1.84. The zero-order chi connectivity index (χ0) is 23.4. The van der Waals surface area contributed by atoms with Gasteiger partial charge in [-0.05, 0) is 51.8 Å². The lowest BCUT2D eigenvalue weighted by Gasteiger charge is -2.17. The summed E-state index contributed by atoms with van der Waals surface area (Å²) in [5.74, 6) is 0.453. The van der Waals surface area contributed by atoms with E-state index in [2.05, 4.69) is 15.3 Å². The number of anilines is 1. The predicted molar refractivity (Wildman–Crippen MR) is 128 cm³/mol. The molecule has 0 unspecified atom stereocenters. The van der Waals surface area contributed by atoms with E-state index >= 15 is 0 Å². The van der Waals surface area contributed by atoms with E-state index in [-0.39, 0.29) is 23.6 Å². The van der Waals surface area contributed by atoms with E-state index in [4.69, 9.17) is 4.74 Å². The number of nitrogens with zero attached hydrogens (tertiary/aromatic N) is 3. The van der Waals surface area contributed by atoms with E-state index in [0.29, 0.717) is 16.6 Å². The fourth-order valence-corrected chi connectivity index (χ4v) is 4.57. The van der Waals surface area contributed by atoms with Crippen LogP contribution < -0.4 is 15.5 Å². The van der Waals surface area contributed by atoms with Gasteiger partial charge in [0.1, 0.15) is 6.54 Å². The first-order valence-corrected chi connectivity index (χ1v) is 11.2. The molecule has 7 nitrogen and oxygen atoms in total. The molecule has 3 aromatic rings. The second-order valence-electron chi connectivity index (χ2n) is 7.87. The summed E-state index contributed by atoms with van der Waals surface area (Å²) < 4.78 is 6.93. The van der Waals surface area contributed by atoms with Gasteiger partial charge in [-0.3, -0.25) is 9.59 Å². The van der Waals surface area contributed by atoms with Gasteiger partial charge in [-0.25, -0.2) is 9.97 Å². The highest BCUT2D eigenvalue weighted by molar-refractivity contribution is 7.98. The van der Waals surface area contributed by atoms with E-state index in [0.717, 1.165) is 33.8 Å². The maximum absolute atomic E-state index is 12.9. The minimum atomic E-state index is -0.230. The van der Waals surface area contributed by atoms with Gasteiger partial charge in [-0.15, -0.1) is 0 Å². The number of amides is 1. The molecule has 0 aliphatic heterocycles. The summed E-state index contributed by atoms with van der Waals surface area (Å²) in [6.45, 7) is 9.87. The molecule has 2 aromatic heterocycles. The summed E-state index contributed by atoms with van der Waals surface area (Å²) in [4.78, 5) is 34.1. The molecule has 3 rings (SSSR count). The van der Waals surface area contributed by atoms with Crippen molar-refractivity contribution in [2.45, 2.75) is 52.1 Å². The third-order valence-corrected chi connectivity index (χ3v) is 5.85. The average Bonchev–Trinajstić information content (AvgIpc) is 2.70. The number of aromatic nitrogens is 3. The summed E-state index contributed by atoms with van der Waals surface area (Å²) in [6, 6.07) is 7.49. The number of hydrogen-bond acceptors (Lipinski definition) is 6. The maximum Gasteiger partial charge on any atom is 0.244 e. The lowest BCUT2D eigenvalue weighted by molar-refractivity contribution is -0.116. The molecule has 32 heavy (non-hydrogen) atoms. The molecule has 1 N–H and O–H groups in total. The number of aryl methyl sites for hydroxylation is 5. The topological polar surface area (TPSA) is 86.1 Å². The van der Waals surface area contributed by atoms with Crippen molar-refractivity contribution in [3.05, 3.63) is 74.5 Å². The Labute approximate surface area is 192 Å². The molecule has 2 heterocycles. The minimum Gasteiger partial charge on any atom is -0.491 e. The second-order valence-corrected chi connectivity index (χ2v) is 8.81. The Morgan fingerprint density at radius 2 is 1.66 bits per heavy atom. The monoisotopic (exact) mass is 452 g/mol. The highest BCUT2D eigenvalue weighted by Crippen LogP contribution is 2.23. The van der Waals surface area contributed by atoms with Crippen LogP contribution in [0.4, 0.5) is 5.69 Å². The summed E-state index contributed by atoms with van der Waals surface area (Å²) in [7, 11) is 1.44. The lowest BCUT2D eigenvalue weighted by atomic mass is 10.1. The van der Waals surface area contributed by atoms with E-state index in [9.17, 15) is 9.59 Å². The fourth-order valence-electron chi connectivity index (χ4n) is 3.63. The van der Waals surface area contributed by atoms with Gasteiger partial charge in [0.15, 0.2) is 10.9 Å². The Morgan fingerprint density at radius 1 is 1.03 bits per heavy atom. The van der Waals surface area contributed by atoms with Crippen molar-refractivity contribution in [2.24, 2.45) is 0 Å². The van der Waals surface area contributed by atoms with Crippen LogP contribution in [0.3, 0.4) is 0 Å². The number of carbonyl (C=O) groups is 1. The van der Waals surface area contributed by atoms with Gasteiger partial charge < -0.3 is 14.6 Å². The van der Waals surface area contributed by atoms with Crippen LogP contribution in [0.2, 0.25) is 0 Å². The average molecular weight is 453 g/mol. The molecule has 1 aromatic carbocycles. The molecular weight excluding hydrogens is 424 g/mol. The summed E-state index contributed by atoms with van der Waals surface area (Å²) in [5, 5.41) is 3.64. The molecule has 0 aliphatic carbocycles. The predicted octanol–water partition coefficient (Wildman–Crippen LogP) is 4.12. The number of pyridine rings is 1. The smallest absolute Gasteiger partial charge is 0.244 e. The highest BCUT2D eigenvalue weighted by Gasteiger charge is 2.14. The van der Waals surface area contributed by atoms with Crippen molar-refractivity contribution in [3.63, 3.8) is 0 Å². The third-order valence-electron chi connectivity index (χ3n) is 4.97. The van der Waals surface area contributed by atoms with E-state index in [1.807, 2.05) is 52.8 Å². The van der Waals surface area contributed by atoms with Gasteiger partial charge in [-0.1, -0.05) is 29.5 Å². The Morgan fingerprint density at radius 3 is 2.25 bits per heavy atom. The molecular formula is C24H28N4O3S. The summed E-state index contributed by atoms with van der Waals surface area (Å²) >= 11 is 1.42. The van der Waals surface area contributed by atoms with Crippen LogP contribution in [0.15, 0.2) is 40.4 Å². The molecule has 1 amide bonds. The summed E-state index contributed by atoms with van der Waals surface area (Å²) in [6.07, 6.45) is 1.58. The van der Waals surface area contributed by atoms with Crippen molar-refractivity contribution >= 4 is 23.4 Å². The number of benzene rings is 1. The lowest BCUT2D eigenvalue weighted by Crippen LogP contribution is -2.23.